The van der Waals surface area contributed by atoms with Gasteiger partial charge in [0.05, 0.1) is 5.60 Å². The van der Waals surface area contributed by atoms with Crippen LogP contribution in [-0.2, 0) is 0 Å². The first-order chi connectivity index (χ1) is 4.51. The lowest BCUT2D eigenvalue weighted by atomic mass is 9.93. The molecule has 10 heavy (non-hydrogen) atoms. The van der Waals surface area contributed by atoms with Crippen LogP contribution in [0, 0.1) is 11.8 Å². The largest absolute Gasteiger partial charge is 0.390 e. The molecule has 0 unspecified atom stereocenters. The van der Waals surface area contributed by atoms with E-state index in [9.17, 15) is 5.11 Å². The average molecular weight is 142 g/mol. The molecule has 1 saturated carbocycles. The molecule has 0 bridgehead atoms. The Balaban J connectivity index is 2.43. The van der Waals surface area contributed by atoms with E-state index in [-0.39, 0.29) is 5.60 Å². The Morgan fingerprint density at radius 2 is 2.10 bits per heavy atom. The van der Waals surface area contributed by atoms with Crippen molar-refractivity contribution in [3.8, 4) is 0 Å². The number of aliphatic hydroxyl groups is 1. The minimum Gasteiger partial charge on any atom is -0.390 e. The van der Waals surface area contributed by atoms with E-state index < -0.39 is 0 Å². The van der Waals surface area contributed by atoms with Gasteiger partial charge in [0.15, 0.2) is 0 Å². The first kappa shape index (κ1) is 8.06. The molecule has 0 aromatic rings. The molecule has 0 aromatic heterocycles. The Kier molecular flexibility index (Phi) is 2.04. The molecule has 1 aliphatic rings. The lowest BCUT2D eigenvalue weighted by Crippen LogP contribution is -2.19. The van der Waals surface area contributed by atoms with Crippen molar-refractivity contribution in [3.63, 3.8) is 0 Å². The van der Waals surface area contributed by atoms with E-state index in [1.54, 1.807) is 0 Å². The number of hydrogen-bond acceptors (Lipinski definition) is 1. The Morgan fingerprint density at radius 1 is 1.50 bits per heavy atom. The lowest BCUT2D eigenvalue weighted by Gasteiger charge is -2.17. The minimum absolute atomic E-state index is 0.352. The molecule has 2 atom stereocenters. The SMILES string of the molecule is CC(C)[C@@H]1CC[C@](C)(O)C1. The quantitative estimate of drug-likeness (QED) is 0.595. The van der Waals surface area contributed by atoms with Gasteiger partial charge in [0, 0.05) is 0 Å². The lowest BCUT2D eigenvalue weighted by molar-refractivity contribution is 0.0610. The maximum Gasteiger partial charge on any atom is 0.0622 e. The van der Waals surface area contributed by atoms with E-state index in [1.165, 1.54) is 6.42 Å². The Bertz CT molecular complexity index is 116. The Hall–Kier alpha value is -0.0400. The van der Waals surface area contributed by atoms with Crippen LogP contribution in [0.15, 0.2) is 0 Å². The highest BCUT2D eigenvalue weighted by atomic mass is 16.3. The molecule has 0 amide bonds. The highest BCUT2D eigenvalue weighted by molar-refractivity contribution is 4.86. The van der Waals surface area contributed by atoms with Crippen molar-refractivity contribution < 1.29 is 5.11 Å². The monoisotopic (exact) mass is 142 g/mol. The predicted octanol–water partition coefficient (Wildman–Crippen LogP) is 2.19. The molecule has 0 aliphatic heterocycles. The molecule has 1 heteroatoms. The first-order valence-corrected chi connectivity index (χ1v) is 4.24. The van der Waals surface area contributed by atoms with Gasteiger partial charge in [0.25, 0.3) is 0 Å². The fourth-order valence-electron chi connectivity index (χ4n) is 1.83. The first-order valence-electron chi connectivity index (χ1n) is 4.24. The van der Waals surface area contributed by atoms with E-state index in [0.717, 1.165) is 24.7 Å². The van der Waals surface area contributed by atoms with Crippen LogP contribution in [0.4, 0.5) is 0 Å². The number of hydrogen-bond donors (Lipinski definition) is 1. The van der Waals surface area contributed by atoms with Crippen molar-refractivity contribution in [2.75, 3.05) is 0 Å². The molecule has 1 fully saturated rings. The third-order valence-corrected chi connectivity index (χ3v) is 2.70. The van der Waals surface area contributed by atoms with Gasteiger partial charge in [-0.05, 0) is 38.0 Å². The maximum absolute atomic E-state index is 9.61. The number of rotatable bonds is 1. The van der Waals surface area contributed by atoms with Gasteiger partial charge in [-0.3, -0.25) is 0 Å². The van der Waals surface area contributed by atoms with Gasteiger partial charge in [-0.2, -0.15) is 0 Å². The molecule has 1 rings (SSSR count). The van der Waals surface area contributed by atoms with E-state index in [0.29, 0.717) is 0 Å². The summed E-state index contributed by atoms with van der Waals surface area (Å²) in [6.45, 7) is 6.44. The zero-order valence-corrected chi connectivity index (χ0v) is 7.22. The maximum atomic E-state index is 9.61. The van der Waals surface area contributed by atoms with Gasteiger partial charge < -0.3 is 5.11 Å². The van der Waals surface area contributed by atoms with Gasteiger partial charge in [-0.1, -0.05) is 13.8 Å². The smallest absolute Gasteiger partial charge is 0.0622 e. The van der Waals surface area contributed by atoms with Gasteiger partial charge in [-0.25, -0.2) is 0 Å². The van der Waals surface area contributed by atoms with Crippen LogP contribution in [-0.4, -0.2) is 10.7 Å². The molecule has 1 N–H and O–H groups in total. The van der Waals surface area contributed by atoms with Crippen LogP contribution < -0.4 is 0 Å². The third-order valence-electron chi connectivity index (χ3n) is 2.70. The van der Waals surface area contributed by atoms with Crippen molar-refractivity contribution in [3.05, 3.63) is 0 Å². The molecular formula is C9H18O. The van der Waals surface area contributed by atoms with E-state index in [2.05, 4.69) is 13.8 Å². The van der Waals surface area contributed by atoms with Crippen LogP contribution >= 0.6 is 0 Å². The van der Waals surface area contributed by atoms with Gasteiger partial charge in [-0.15, -0.1) is 0 Å². The third kappa shape index (κ3) is 1.72. The van der Waals surface area contributed by atoms with Crippen LogP contribution in [0.1, 0.15) is 40.0 Å². The summed E-state index contributed by atoms with van der Waals surface area (Å²) in [5.41, 5.74) is -0.352. The Morgan fingerprint density at radius 3 is 2.30 bits per heavy atom. The van der Waals surface area contributed by atoms with Gasteiger partial charge in [0.2, 0.25) is 0 Å². The highest BCUT2D eigenvalue weighted by Crippen LogP contribution is 2.37. The minimum atomic E-state index is -0.352. The van der Waals surface area contributed by atoms with Crippen molar-refractivity contribution in [2.24, 2.45) is 11.8 Å². The molecule has 0 radical (unpaired) electrons. The van der Waals surface area contributed by atoms with Crippen LogP contribution in [0.3, 0.4) is 0 Å². The molecule has 0 saturated heterocycles. The summed E-state index contributed by atoms with van der Waals surface area (Å²) in [7, 11) is 0. The van der Waals surface area contributed by atoms with Crippen molar-refractivity contribution in [1.29, 1.82) is 0 Å². The van der Waals surface area contributed by atoms with Crippen LogP contribution in [0.2, 0.25) is 0 Å². The highest BCUT2D eigenvalue weighted by Gasteiger charge is 2.33. The molecule has 0 aromatic carbocycles. The van der Waals surface area contributed by atoms with Gasteiger partial charge >= 0.3 is 0 Å². The van der Waals surface area contributed by atoms with Crippen LogP contribution in [0.25, 0.3) is 0 Å². The second kappa shape index (κ2) is 2.54. The summed E-state index contributed by atoms with van der Waals surface area (Å²) in [5.74, 6) is 1.50. The van der Waals surface area contributed by atoms with E-state index in [4.69, 9.17) is 0 Å². The molecule has 0 heterocycles. The summed E-state index contributed by atoms with van der Waals surface area (Å²) >= 11 is 0. The summed E-state index contributed by atoms with van der Waals surface area (Å²) < 4.78 is 0. The summed E-state index contributed by atoms with van der Waals surface area (Å²) in [4.78, 5) is 0. The van der Waals surface area contributed by atoms with Crippen molar-refractivity contribution in [2.45, 2.75) is 45.6 Å². The molecule has 0 spiro atoms. The van der Waals surface area contributed by atoms with E-state index in [1.807, 2.05) is 6.92 Å². The summed E-state index contributed by atoms with van der Waals surface area (Å²) in [5, 5.41) is 9.61. The molecular weight excluding hydrogens is 124 g/mol. The van der Waals surface area contributed by atoms with E-state index >= 15 is 0 Å². The standard InChI is InChI=1S/C9H18O/c1-7(2)8-4-5-9(3,10)6-8/h7-8,10H,4-6H2,1-3H3/t8-,9+/m1/s1. The predicted molar refractivity (Wildman–Crippen MR) is 42.8 cm³/mol. The Labute approximate surface area is 63.4 Å². The fraction of sp³-hybridized carbons (Fsp3) is 1.00. The second-order valence-electron chi connectivity index (χ2n) is 4.24. The average Bonchev–Trinajstić information content (AvgIpc) is 2.10. The summed E-state index contributed by atoms with van der Waals surface area (Å²) in [6.07, 6.45) is 3.21. The molecule has 1 nitrogen and oxygen atoms in total. The van der Waals surface area contributed by atoms with Crippen LogP contribution in [0.5, 0.6) is 0 Å². The summed E-state index contributed by atoms with van der Waals surface area (Å²) in [6, 6.07) is 0. The zero-order valence-electron chi connectivity index (χ0n) is 7.22. The fourth-order valence-corrected chi connectivity index (χ4v) is 1.83. The topological polar surface area (TPSA) is 20.2 Å². The van der Waals surface area contributed by atoms with Crippen molar-refractivity contribution >= 4 is 0 Å². The second-order valence-corrected chi connectivity index (χ2v) is 4.24. The normalized spacial score (nSPS) is 41.1. The van der Waals surface area contributed by atoms with Gasteiger partial charge in [0.1, 0.15) is 0 Å². The zero-order chi connectivity index (χ0) is 7.78. The molecule has 1 aliphatic carbocycles. The van der Waals surface area contributed by atoms with Crippen molar-refractivity contribution in [1.82, 2.24) is 0 Å². The molecule has 60 valence electrons.